The quantitative estimate of drug-likeness (QED) is 0.508. The van der Waals surface area contributed by atoms with Gasteiger partial charge in [0.15, 0.2) is 6.61 Å². The van der Waals surface area contributed by atoms with E-state index in [0.717, 1.165) is 0 Å². The Hall–Kier alpha value is -1.63. The average Bonchev–Trinajstić information content (AvgIpc) is 2.50. The lowest BCUT2D eigenvalue weighted by Gasteiger charge is -2.24. The molecule has 0 fully saturated rings. The van der Waals surface area contributed by atoms with E-state index in [1.54, 1.807) is 30.3 Å². The fourth-order valence-electron chi connectivity index (χ4n) is 1.80. The van der Waals surface area contributed by atoms with Crippen molar-refractivity contribution in [3.8, 4) is 0 Å². The van der Waals surface area contributed by atoms with Gasteiger partial charge >= 0.3 is 12.1 Å². The van der Waals surface area contributed by atoms with Gasteiger partial charge in [0.2, 0.25) is 0 Å². The Morgan fingerprint density at radius 3 is 2.09 bits per heavy atom. The molecule has 0 atom stereocenters. The lowest BCUT2D eigenvalue weighted by molar-refractivity contribution is -0.294. The van der Waals surface area contributed by atoms with E-state index in [2.05, 4.69) is 0 Å². The summed E-state index contributed by atoms with van der Waals surface area (Å²) in [5, 5.41) is 0. The van der Waals surface area contributed by atoms with E-state index < -0.39 is 18.7 Å². The van der Waals surface area contributed by atoms with Crippen molar-refractivity contribution in [2.45, 2.75) is 25.9 Å². The largest absolute Gasteiger partial charge is 0.490 e. The number of hydrogen-bond acceptors (Lipinski definition) is 2. The van der Waals surface area contributed by atoms with Gasteiger partial charge in [-0.05, 0) is 24.7 Å². The summed E-state index contributed by atoms with van der Waals surface area (Å²) in [5.74, 6) is -4.81. The first kappa shape index (κ1) is 19.4. The highest BCUT2D eigenvalue weighted by Crippen LogP contribution is 2.36. The molecule has 0 radical (unpaired) electrons. The molecule has 0 unspecified atom stereocenters. The molecule has 0 heterocycles. The molecule has 0 aliphatic carbocycles. The van der Waals surface area contributed by atoms with Crippen LogP contribution in [0.2, 0.25) is 0 Å². The number of hydrogen-bond donors (Lipinski definition) is 0. The molecule has 0 saturated carbocycles. The predicted molar refractivity (Wildman–Crippen MR) is 79.2 cm³/mol. The zero-order valence-electron chi connectivity index (χ0n) is 13.0. The molecule has 7 heteroatoms. The number of nitrogens with zero attached hydrogens (tertiary/aromatic N) is 1. The number of benzene rings is 1. The average molecular weight is 337 g/mol. The molecular weight excluding hydrogens is 317 g/mol. The number of likely N-dealkylation sites (N-methyl/N-ethyl adjacent to an activating group) is 1. The molecule has 0 bridgehead atoms. The van der Waals surface area contributed by atoms with E-state index in [1.807, 2.05) is 18.7 Å². The SMILES string of the molecule is CCN(CC)C/C(=C/c1ccccc1)OCC(F)(F)C(F)(F)F. The molecule has 0 aliphatic rings. The molecule has 1 rings (SSSR count). The van der Waals surface area contributed by atoms with Gasteiger partial charge in [-0.3, -0.25) is 4.90 Å². The van der Waals surface area contributed by atoms with Gasteiger partial charge in [0.1, 0.15) is 5.76 Å². The third kappa shape index (κ3) is 6.17. The van der Waals surface area contributed by atoms with Crippen molar-refractivity contribution in [2.75, 3.05) is 26.2 Å². The highest BCUT2D eigenvalue weighted by atomic mass is 19.4. The van der Waals surface area contributed by atoms with E-state index in [4.69, 9.17) is 4.74 Å². The summed E-state index contributed by atoms with van der Waals surface area (Å²) >= 11 is 0. The molecule has 0 amide bonds. The molecule has 0 saturated heterocycles. The predicted octanol–water partition coefficient (Wildman–Crippen LogP) is 4.58. The summed E-state index contributed by atoms with van der Waals surface area (Å²) in [6, 6.07) is 8.69. The van der Waals surface area contributed by atoms with Crippen LogP contribution in [0.25, 0.3) is 6.08 Å². The monoisotopic (exact) mass is 337 g/mol. The molecule has 0 spiro atoms. The first-order chi connectivity index (χ1) is 10.7. The first-order valence-corrected chi connectivity index (χ1v) is 7.25. The number of ether oxygens (including phenoxy) is 1. The van der Waals surface area contributed by atoms with Crippen LogP contribution < -0.4 is 0 Å². The Morgan fingerprint density at radius 2 is 1.61 bits per heavy atom. The van der Waals surface area contributed by atoms with Gasteiger partial charge in [-0.15, -0.1) is 0 Å². The minimum atomic E-state index is -5.62. The van der Waals surface area contributed by atoms with Gasteiger partial charge in [0.05, 0.1) is 6.54 Å². The Labute approximate surface area is 132 Å². The lowest BCUT2D eigenvalue weighted by atomic mass is 10.2. The molecule has 0 N–H and O–H groups in total. The zero-order valence-corrected chi connectivity index (χ0v) is 13.0. The Balaban J connectivity index is 2.90. The van der Waals surface area contributed by atoms with Crippen molar-refractivity contribution in [3.05, 3.63) is 41.7 Å². The van der Waals surface area contributed by atoms with Crippen LogP contribution in [0.3, 0.4) is 0 Å². The molecular formula is C16H20F5NO. The van der Waals surface area contributed by atoms with Crippen LogP contribution in [0.5, 0.6) is 0 Å². The summed E-state index contributed by atoms with van der Waals surface area (Å²) in [5.41, 5.74) is 0.671. The van der Waals surface area contributed by atoms with Crippen molar-refractivity contribution in [2.24, 2.45) is 0 Å². The summed E-state index contributed by atoms with van der Waals surface area (Å²) in [6.07, 6.45) is -4.15. The molecule has 130 valence electrons. The van der Waals surface area contributed by atoms with Crippen LogP contribution >= 0.6 is 0 Å². The van der Waals surface area contributed by atoms with E-state index in [-0.39, 0.29) is 12.3 Å². The lowest BCUT2D eigenvalue weighted by Crippen LogP contribution is -2.41. The van der Waals surface area contributed by atoms with Crippen molar-refractivity contribution in [1.29, 1.82) is 0 Å². The van der Waals surface area contributed by atoms with E-state index in [1.165, 1.54) is 6.08 Å². The molecule has 1 aromatic carbocycles. The van der Waals surface area contributed by atoms with Crippen molar-refractivity contribution in [1.82, 2.24) is 4.90 Å². The van der Waals surface area contributed by atoms with Gasteiger partial charge in [-0.2, -0.15) is 22.0 Å². The number of halogens is 5. The highest BCUT2D eigenvalue weighted by molar-refractivity contribution is 5.51. The second-order valence-electron chi connectivity index (χ2n) is 4.97. The minimum Gasteiger partial charge on any atom is -0.490 e. The zero-order chi connectivity index (χ0) is 17.5. The summed E-state index contributed by atoms with van der Waals surface area (Å²) in [4.78, 5) is 1.86. The van der Waals surface area contributed by atoms with Gasteiger partial charge in [0, 0.05) is 0 Å². The summed E-state index contributed by atoms with van der Waals surface area (Å²) in [7, 11) is 0. The topological polar surface area (TPSA) is 12.5 Å². The van der Waals surface area contributed by atoms with Crippen LogP contribution in [-0.2, 0) is 4.74 Å². The summed E-state index contributed by atoms with van der Waals surface area (Å²) in [6.45, 7) is 3.43. The first-order valence-electron chi connectivity index (χ1n) is 7.25. The fraction of sp³-hybridized carbons (Fsp3) is 0.500. The number of alkyl halides is 5. The van der Waals surface area contributed by atoms with Crippen molar-refractivity contribution >= 4 is 6.08 Å². The minimum absolute atomic E-state index is 0.0730. The van der Waals surface area contributed by atoms with Gasteiger partial charge in [0.25, 0.3) is 0 Å². The van der Waals surface area contributed by atoms with Crippen molar-refractivity contribution < 1.29 is 26.7 Å². The van der Waals surface area contributed by atoms with Gasteiger partial charge in [-0.25, -0.2) is 0 Å². The standard InChI is InChI=1S/C16H20F5NO/c1-3-22(4-2)11-14(10-13-8-6-5-7-9-13)23-12-15(17,18)16(19,20)21/h5-10H,3-4,11-12H2,1-2H3/b14-10-. The maximum Gasteiger partial charge on any atom is 0.456 e. The highest BCUT2D eigenvalue weighted by Gasteiger charge is 2.58. The Kier molecular flexibility index (Phi) is 7.00. The smallest absolute Gasteiger partial charge is 0.456 e. The van der Waals surface area contributed by atoms with Gasteiger partial charge < -0.3 is 4.74 Å². The Bertz CT molecular complexity index is 495. The fourth-order valence-corrected chi connectivity index (χ4v) is 1.80. The van der Waals surface area contributed by atoms with Crippen LogP contribution in [0.4, 0.5) is 22.0 Å². The molecule has 0 aliphatic heterocycles. The molecule has 2 nitrogen and oxygen atoms in total. The van der Waals surface area contributed by atoms with E-state index in [9.17, 15) is 22.0 Å². The molecule has 0 aromatic heterocycles. The second-order valence-corrected chi connectivity index (χ2v) is 4.97. The number of rotatable bonds is 8. The van der Waals surface area contributed by atoms with Crippen LogP contribution in [0, 0.1) is 0 Å². The van der Waals surface area contributed by atoms with E-state index >= 15 is 0 Å². The van der Waals surface area contributed by atoms with E-state index in [0.29, 0.717) is 18.7 Å². The third-order valence-electron chi connectivity index (χ3n) is 3.25. The van der Waals surface area contributed by atoms with Crippen LogP contribution in [-0.4, -0.2) is 43.2 Å². The van der Waals surface area contributed by atoms with Crippen LogP contribution in [0.15, 0.2) is 36.1 Å². The van der Waals surface area contributed by atoms with Crippen molar-refractivity contribution in [3.63, 3.8) is 0 Å². The van der Waals surface area contributed by atoms with Gasteiger partial charge in [-0.1, -0.05) is 44.2 Å². The summed E-state index contributed by atoms with van der Waals surface area (Å²) < 4.78 is 67.6. The third-order valence-corrected chi connectivity index (χ3v) is 3.25. The maximum absolute atomic E-state index is 13.0. The maximum atomic E-state index is 13.0. The molecule has 1 aromatic rings. The normalized spacial score (nSPS) is 13.5. The molecule has 23 heavy (non-hydrogen) atoms. The second kappa shape index (κ2) is 8.29. The Morgan fingerprint density at radius 1 is 1.04 bits per heavy atom. The van der Waals surface area contributed by atoms with Crippen LogP contribution in [0.1, 0.15) is 19.4 Å².